The van der Waals surface area contributed by atoms with Crippen LogP contribution in [0.5, 0.6) is 5.75 Å². The average molecular weight is 448 g/mol. The van der Waals surface area contributed by atoms with E-state index in [-0.39, 0.29) is 27.6 Å². The Balaban J connectivity index is 1.98. The van der Waals surface area contributed by atoms with Gasteiger partial charge in [0.15, 0.2) is 5.17 Å². The molecule has 0 spiro atoms. The number of benzene rings is 2. The zero-order chi connectivity index (χ0) is 22.1. The smallest absolute Gasteiger partial charge is 0.339 e. The Kier molecular flexibility index (Phi) is 6.18. The van der Waals surface area contributed by atoms with Gasteiger partial charge in [-0.2, -0.15) is 8.42 Å². The number of amidine groups is 1. The molecule has 0 radical (unpaired) electrons. The van der Waals surface area contributed by atoms with Crippen molar-refractivity contribution in [3.63, 3.8) is 0 Å². The number of carbonyl (C=O) groups is 2. The topological polar surface area (TPSA) is 105 Å². The minimum absolute atomic E-state index is 0.0253. The maximum Gasteiger partial charge on any atom is 0.339 e. The second-order valence-electron chi connectivity index (χ2n) is 6.81. The molecule has 0 aliphatic carbocycles. The molecule has 1 aliphatic heterocycles. The maximum atomic E-state index is 12.8. The fourth-order valence-corrected chi connectivity index (χ4v) is 4.88. The Morgan fingerprint density at radius 3 is 2.30 bits per heavy atom. The molecule has 1 N–H and O–H groups in total. The first-order valence-electron chi connectivity index (χ1n) is 9.01. The van der Waals surface area contributed by atoms with Crippen LogP contribution in [0.2, 0.25) is 0 Å². The first kappa shape index (κ1) is 21.8. The fraction of sp³-hybridized carbons (Fsp3) is 0.250. The lowest BCUT2D eigenvalue weighted by Crippen LogP contribution is -2.25. The molecule has 2 aromatic carbocycles. The zero-order valence-electron chi connectivity index (χ0n) is 16.9. The molecule has 1 aliphatic rings. The molecule has 1 unspecified atom stereocenters. The van der Waals surface area contributed by atoms with Gasteiger partial charge in [-0.1, -0.05) is 41.1 Å². The lowest BCUT2D eigenvalue weighted by Gasteiger charge is -2.22. The summed E-state index contributed by atoms with van der Waals surface area (Å²) in [7, 11) is -4.09. The van der Waals surface area contributed by atoms with Crippen molar-refractivity contribution in [2.75, 3.05) is 0 Å². The summed E-state index contributed by atoms with van der Waals surface area (Å²) in [5.41, 5.74) is 2.23. The van der Waals surface area contributed by atoms with E-state index in [2.05, 4.69) is 10.4 Å². The summed E-state index contributed by atoms with van der Waals surface area (Å²) in [6.45, 7) is 6.38. The van der Waals surface area contributed by atoms with Crippen LogP contribution >= 0.6 is 11.8 Å². The summed E-state index contributed by atoms with van der Waals surface area (Å²) in [5, 5.41) is 7.46. The highest BCUT2D eigenvalue weighted by atomic mass is 32.2. The van der Waals surface area contributed by atoms with Gasteiger partial charge in [-0.25, -0.2) is 5.01 Å². The van der Waals surface area contributed by atoms with E-state index in [9.17, 15) is 18.0 Å². The molecule has 158 valence electrons. The molecule has 0 fully saturated rings. The highest BCUT2D eigenvalue weighted by Gasteiger charge is 2.35. The number of hydrogen-bond acceptors (Lipinski definition) is 7. The van der Waals surface area contributed by atoms with Crippen LogP contribution in [0.25, 0.3) is 0 Å². The predicted molar refractivity (Wildman–Crippen MR) is 114 cm³/mol. The van der Waals surface area contributed by atoms with Gasteiger partial charge in [0.2, 0.25) is 11.8 Å². The number of nitrogens with zero attached hydrogens (tertiary/aromatic N) is 2. The number of amides is 2. The molecule has 1 heterocycles. The molecule has 0 aromatic heterocycles. The molecule has 30 heavy (non-hydrogen) atoms. The van der Waals surface area contributed by atoms with Gasteiger partial charge >= 0.3 is 10.1 Å². The van der Waals surface area contributed by atoms with Gasteiger partial charge < -0.3 is 9.50 Å². The van der Waals surface area contributed by atoms with Crippen LogP contribution in [0.3, 0.4) is 0 Å². The summed E-state index contributed by atoms with van der Waals surface area (Å²) >= 11 is 1.12. The lowest BCUT2D eigenvalue weighted by atomic mass is 10.1. The first-order chi connectivity index (χ1) is 14.1. The minimum atomic E-state index is -4.09. The molecule has 10 heteroatoms. The number of hydrogen-bond donors (Lipinski definition) is 1. The molecule has 0 saturated carbocycles. The van der Waals surface area contributed by atoms with Gasteiger partial charge in [-0.3, -0.25) is 9.59 Å². The van der Waals surface area contributed by atoms with E-state index < -0.39 is 15.5 Å². The summed E-state index contributed by atoms with van der Waals surface area (Å²) in [5.74, 6) is -0.598. The van der Waals surface area contributed by atoms with Crippen molar-refractivity contribution in [2.45, 2.75) is 38.0 Å². The quantitative estimate of drug-likeness (QED) is 0.722. The molecule has 8 nitrogen and oxygen atoms in total. The molecule has 1 atom stereocenters. The molecule has 3 rings (SSSR count). The Bertz CT molecular complexity index is 1130. The van der Waals surface area contributed by atoms with Crippen molar-refractivity contribution in [3.8, 4) is 5.75 Å². The molecular weight excluding hydrogens is 426 g/mol. The van der Waals surface area contributed by atoms with Crippen LogP contribution in [0, 0.1) is 13.8 Å². The summed E-state index contributed by atoms with van der Waals surface area (Å²) < 4.78 is 31.0. The predicted octanol–water partition coefficient (Wildman–Crippen LogP) is 3.07. The largest absolute Gasteiger partial charge is 0.379 e. The van der Waals surface area contributed by atoms with Crippen LogP contribution in [-0.4, -0.2) is 30.4 Å². The maximum absolute atomic E-state index is 12.8. The Morgan fingerprint density at radius 2 is 1.70 bits per heavy atom. The van der Waals surface area contributed by atoms with Crippen LogP contribution < -0.4 is 9.50 Å². The second kappa shape index (κ2) is 8.49. The van der Waals surface area contributed by atoms with Crippen LogP contribution in [0.15, 0.2) is 52.5 Å². The van der Waals surface area contributed by atoms with Gasteiger partial charge in [0.1, 0.15) is 16.0 Å². The number of carbonyl (C=O) groups excluding carboxylic acids is 2. The van der Waals surface area contributed by atoms with Gasteiger partial charge in [0.05, 0.1) is 0 Å². The summed E-state index contributed by atoms with van der Waals surface area (Å²) in [4.78, 5) is 23.6. The highest BCUT2D eigenvalue weighted by Crippen LogP contribution is 2.43. The van der Waals surface area contributed by atoms with E-state index in [0.717, 1.165) is 22.9 Å². The van der Waals surface area contributed by atoms with Crippen molar-refractivity contribution in [3.05, 3.63) is 59.2 Å². The number of thioether (sulfide) groups is 1. The van der Waals surface area contributed by atoms with E-state index in [1.165, 1.54) is 31.0 Å². The van der Waals surface area contributed by atoms with Gasteiger partial charge in [-0.05, 0) is 38.1 Å². The van der Waals surface area contributed by atoms with Crippen molar-refractivity contribution in [1.82, 2.24) is 10.3 Å². The second-order valence-corrected chi connectivity index (χ2v) is 9.43. The Hall–Kier alpha value is -2.85. The Morgan fingerprint density at radius 1 is 1.07 bits per heavy atom. The van der Waals surface area contributed by atoms with E-state index in [1.54, 1.807) is 30.3 Å². The van der Waals surface area contributed by atoms with Crippen LogP contribution in [-0.2, 0) is 19.7 Å². The summed E-state index contributed by atoms with van der Waals surface area (Å²) in [6.07, 6.45) is 0. The third kappa shape index (κ3) is 4.82. The standard InChI is InChI=1S/C20H21N3O5S2/c1-12-5-8-16(9-6-12)30(26,27)28-18-10-7-13(2)11-17(18)19-23(15(4)25)22-20(29-19)21-14(3)24/h5-11,19H,1-4H3,(H,21,22,24). The normalized spacial score (nSPS) is 16.2. The molecule has 2 amide bonds. The van der Waals surface area contributed by atoms with Crippen LogP contribution in [0.1, 0.15) is 35.9 Å². The summed E-state index contributed by atoms with van der Waals surface area (Å²) in [6, 6.07) is 11.3. The Labute approximate surface area is 179 Å². The van der Waals surface area contributed by atoms with E-state index in [0.29, 0.717) is 5.56 Å². The fourth-order valence-electron chi connectivity index (χ4n) is 2.77. The number of rotatable bonds is 4. The van der Waals surface area contributed by atoms with Gasteiger partial charge in [0.25, 0.3) is 0 Å². The number of hydrazone groups is 1. The highest BCUT2D eigenvalue weighted by molar-refractivity contribution is 8.14. The van der Waals surface area contributed by atoms with Crippen molar-refractivity contribution in [2.24, 2.45) is 5.10 Å². The van der Waals surface area contributed by atoms with Crippen molar-refractivity contribution >= 4 is 38.9 Å². The third-order valence-corrected chi connectivity index (χ3v) is 6.52. The first-order valence-corrected chi connectivity index (χ1v) is 11.3. The zero-order valence-corrected chi connectivity index (χ0v) is 18.5. The van der Waals surface area contributed by atoms with Crippen molar-refractivity contribution in [1.29, 1.82) is 0 Å². The van der Waals surface area contributed by atoms with E-state index in [4.69, 9.17) is 4.18 Å². The average Bonchev–Trinajstić information content (AvgIpc) is 3.06. The third-order valence-electron chi connectivity index (χ3n) is 4.19. The molecular formula is C20H21N3O5S2. The SMILES string of the molecule is CC(=O)NC1=NN(C(C)=O)C(c2cc(C)ccc2OS(=O)(=O)c2ccc(C)cc2)S1. The minimum Gasteiger partial charge on any atom is -0.379 e. The van der Waals surface area contributed by atoms with E-state index in [1.807, 2.05) is 13.8 Å². The van der Waals surface area contributed by atoms with Gasteiger partial charge in [-0.15, -0.1) is 5.10 Å². The van der Waals surface area contributed by atoms with Crippen molar-refractivity contribution < 1.29 is 22.2 Å². The lowest BCUT2D eigenvalue weighted by molar-refractivity contribution is -0.129. The molecule has 0 bridgehead atoms. The molecule has 2 aromatic rings. The monoisotopic (exact) mass is 447 g/mol. The van der Waals surface area contributed by atoms with Crippen LogP contribution in [0.4, 0.5) is 0 Å². The number of aryl methyl sites for hydroxylation is 2. The molecule has 0 saturated heterocycles. The van der Waals surface area contributed by atoms with Gasteiger partial charge in [0, 0.05) is 19.4 Å². The number of nitrogens with one attached hydrogen (secondary N) is 1. The van der Waals surface area contributed by atoms with E-state index >= 15 is 0 Å².